The van der Waals surface area contributed by atoms with Gasteiger partial charge in [0.2, 0.25) is 6.67 Å². The van der Waals surface area contributed by atoms with Crippen molar-refractivity contribution < 1.29 is 14.6 Å². The summed E-state index contributed by atoms with van der Waals surface area (Å²) in [5, 5.41) is 25.7. The maximum atomic E-state index is 11.4. The monoisotopic (exact) mass is 309 g/mol. The SMILES string of the molecule is CNCN1C[N+](CNC)(c2ccc(OC)c(C(=O)O)c2)N=N1. The molecule has 9 nitrogen and oxygen atoms in total. The Kier molecular flexibility index (Phi) is 4.91. The molecule has 2 rings (SSSR count). The summed E-state index contributed by atoms with van der Waals surface area (Å²) in [6, 6.07) is 5.04. The lowest BCUT2D eigenvalue weighted by Gasteiger charge is -2.27. The van der Waals surface area contributed by atoms with E-state index in [1.54, 1.807) is 17.1 Å². The van der Waals surface area contributed by atoms with Crippen LogP contribution in [0.1, 0.15) is 10.4 Å². The number of quaternary nitrogens is 1. The second kappa shape index (κ2) is 6.69. The molecule has 3 N–H and O–H groups in total. The number of carboxylic acid groups (broad SMARTS) is 1. The smallest absolute Gasteiger partial charge is 0.339 e. The van der Waals surface area contributed by atoms with Gasteiger partial charge in [-0.3, -0.25) is 5.32 Å². The second-order valence-corrected chi connectivity index (χ2v) is 4.96. The van der Waals surface area contributed by atoms with Gasteiger partial charge in [0.1, 0.15) is 11.3 Å². The van der Waals surface area contributed by atoms with E-state index >= 15 is 0 Å². The quantitative estimate of drug-likeness (QED) is 0.638. The zero-order valence-electron chi connectivity index (χ0n) is 12.9. The summed E-state index contributed by atoms with van der Waals surface area (Å²) in [4.78, 5) is 11.4. The maximum Gasteiger partial charge on any atom is 0.339 e. The molecular weight excluding hydrogens is 288 g/mol. The second-order valence-electron chi connectivity index (χ2n) is 4.96. The highest BCUT2D eigenvalue weighted by Crippen LogP contribution is 2.32. The van der Waals surface area contributed by atoms with E-state index in [2.05, 4.69) is 21.1 Å². The Morgan fingerprint density at radius 2 is 2.23 bits per heavy atom. The third kappa shape index (κ3) is 3.01. The van der Waals surface area contributed by atoms with Gasteiger partial charge < -0.3 is 15.2 Å². The van der Waals surface area contributed by atoms with Gasteiger partial charge in [0.25, 0.3) is 0 Å². The van der Waals surface area contributed by atoms with Crippen molar-refractivity contribution in [3.8, 4) is 5.75 Å². The highest BCUT2D eigenvalue weighted by Gasteiger charge is 2.39. The van der Waals surface area contributed by atoms with E-state index in [1.807, 2.05) is 20.2 Å². The van der Waals surface area contributed by atoms with Crippen molar-refractivity contribution >= 4 is 11.7 Å². The van der Waals surface area contributed by atoms with Crippen LogP contribution in [0.4, 0.5) is 5.69 Å². The lowest BCUT2D eigenvalue weighted by atomic mass is 10.1. The fourth-order valence-electron chi connectivity index (χ4n) is 2.41. The van der Waals surface area contributed by atoms with Crippen LogP contribution in [0, 0.1) is 0 Å². The predicted octanol–water partition coefficient (Wildman–Crippen LogP) is 0.610. The Morgan fingerprint density at radius 1 is 1.45 bits per heavy atom. The molecule has 1 aromatic rings. The van der Waals surface area contributed by atoms with E-state index in [-0.39, 0.29) is 10.2 Å². The minimum Gasteiger partial charge on any atom is -0.496 e. The molecule has 22 heavy (non-hydrogen) atoms. The Labute approximate surface area is 128 Å². The summed E-state index contributed by atoms with van der Waals surface area (Å²) >= 11 is 0. The third-order valence-corrected chi connectivity index (χ3v) is 3.39. The molecule has 0 aromatic heterocycles. The molecule has 9 heteroatoms. The van der Waals surface area contributed by atoms with Crippen LogP contribution in [-0.4, -0.2) is 57.3 Å². The Hall–Kier alpha value is -2.23. The number of ether oxygens (including phenoxy) is 1. The number of nitrogens with zero attached hydrogens (tertiary/aromatic N) is 4. The molecule has 1 aliphatic heterocycles. The van der Waals surface area contributed by atoms with Crippen LogP contribution in [0.15, 0.2) is 28.6 Å². The van der Waals surface area contributed by atoms with Crippen LogP contribution in [0.2, 0.25) is 0 Å². The molecular formula is C13H21N6O3+. The highest BCUT2D eigenvalue weighted by atomic mass is 16.5. The summed E-state index contributed by atoms with van der Waals surface area (Å²) in [5.74, 6) is -0.716. The van der Waals surface area contributed by atoms with E-state index < -0.39 is 5.97 Å². The van der Waals surface area contributed by atoms with Crippen molar-refractivity contribution in [2.24, 2.45) is 10.4 Å². The zero-order valence-corrected chi connectivity index (χ0v) is 12.9. The molecule has 1 unspecified atom stereocenters. The van der Waals surface area contributed by atoms with Gasteiger partial charge >= 0.3 is 5.97 Å². The van der Waals surface area contributed by atoms with E-state index in [9.17, 15) is 9.90 Å². The van der Waals surface area contributed by atoms with E-state index in [0.717, 1.165) is 5.69 Å². The van der Waals surface area contributed by atoms with Gasteiger partial charge in [-0.1, -0.05) is 0 Å². The minimum absolute atomic E-state index is 0.107. The van der Waals surface area contributed by atoms with Gasteiger partial charge in [-0.25, -0.2) is 9.80 Å². The fourth-order valence-corrected chi connectivity index (χ4v) is 2.41. The largest absolute Gasteiger partial charge is 0.496 e. The van der Waals surface area contributed by atoms with Crippen molar-refractivity contribution in [1.82, 2.24) is 20.2 Å². The molecule has 1 heterocycles. The van der Waals surface area contributed by atoms with Gasteiger partial charge in [0.15, 0.2) is 12.4 Å². The minimum atomic E-state index is -1.04. The van der Waals surface area contributed by atoms with E-state index in [1.165, 1.54) is 7.11 Å². The van der Waals surface area contributed by atoms with Crippen molar-refractivity contribution in [2.75, 3.05) is 41.2 Å². The molecule has 0 saturated heterocycles. The van der Waals surface area contributed by atoms with Gasteiger partial charge in [-0.05, 0) is 25.4 Å². The number of benzene rings is 1. The first kappa shape index (κ1) is 16.1. The standard InChI is InChI=1S/C13H20N6O3/c1-14-7-18-9-19(8-15-2,17-16-18)10-4-5-12(22-3)11(6-10)13(20)21/h4-6,14-15H,7-9H2,1-3H3/p+1. The molecule has 0 radical (unpaired) electrons. The summed E-state index contributed by atoms with van der Waals surface area (Å²) in [7, 11) is 5.10. The lowest BCUT2D eigenvalue weighted by Crippen LogP contribution is -2.51. The molecule has 0 bridgehead atoms. The predicted molar refractivity (Wildman–Crippen MR) is 81.2 cm³/mol. The summed E-state index contributed by atoms with van der Waals surface area (Å²) in [6.07, 6.45) is 0. The maximum absolute atomic E-state index is 11.4. The number of rotatable bonds is 7. The van der Waals surface area contributed by atoms with Gasteiger partial charge in [-0.15, -0.1) is 4.59 Å². The van der Waals surface area contributed by atoms with Crippen LogP contribution in [0.3, 0.4) is 0 Å². The third-order valence-electron chi connectivity index (χ3n) is 3.39. The Bertz CT molecular complexity index is 579. The van der Waals surface area contributed by atoms with E-state index in [0.29, 0.717) is 25.8 Å². The number of hydrogen-bond donors (Lipinski definition) is 3. The van der Waals surface area contributed by atoms with Crippen LogP contribution in [0.5, 0.6) is 5.75 Å². The lowest BCUT2D eigenvalue weighted by molar-refractivity contribution is 0.0693. The molecule has 1 atom stereocenters. The normalized spacial score (nSPS) is 20.4. The summed E-state index contributed by atoms with van der Waals surface area (Å²) in [5.41, 5.74) is 0.839. The Balaban J connectivity index is 2.40. The molecule has 0 spiro atoms. The van der Waals surface area contributed by atoms with Gasteiger partial charge in [-0.2, -0.15) is 0 Å². The van der Waals surface area contributed by atoms with Crippen molar-refractivity contribution in [3.05, 3.63) is 23.8 Å². The Morgan fingerprint density at radius 3 is 2.82 bits per heavy atom. The number of carbonyl (C=O) groups is 1. The molecule has 0 saturated carbocycles. The fraction of sp³-hybridized carbons (Fsp3) is 0.462. The number of methoxy groups -OCH3 is 1. The number of hydrogen-bond acceptors (Lipinski definition) is 7. The van der Waals surface area contributed by atoms with Crippen LogP contribution >= 0.6 is 0 Å². The van der Waals surface area contributed by atoms with Crippen molar-refractivity contribution in [1.29, 1.82) is 0 Å². The highest BCUT2D eigenvalue weighted by molar-refractivity contribution is 5.92. The van der Waals surface area contributed by atoms with E-state index in [4.69, 9.17) is 4.74 Å². The molecule has 1 aliphatic rings. The van der Waals surface area contributed by atoms with Crippen LogP contribution < -0.4 is 20.0 Å². The average Bonchev–Trinajstić information content (AvgIpc) is 2.91. The summed E-state index contributed by atoms with van der Waals surface area (Å²) in [6.45, 7) is 1.57. The number of carboxylic acids is 1. The van der Waals surface area contributed by atoms with Gasteiger partial charge in [0, 0.05) is 12.1 Å². The van der Waals surface area contributed by atoms with Gasteiger partial charge in [0.05, 0.1) is 19.0 Å². The molecule has 0 amide bonds. The molecule has 1 aromatic carbocycles. The average molecular weight is 309 g/mol. The number of nitrogens with one attached hydrogen (secondary N) is 2. The molecule has 120 valence electrons. The van der Waals surface area contributed by atoms with Crippen molar-refractivity contribution in [3.63, 3.8) is 0 Å². The topological polar surface area (TPSA) is 98.5 Å². The number of aromatic carboxylic acids is 1. The van der Waals surface area contributed by atoms with Crippen molar-refractivity contribution in [2.45, 2.75) is 0 Å². The molecule has 0 fully saturated rings. The van der Waals surface area contributed by atoms with Crippen LogP contribution in [-0.2, 0) is 0 Å². The summed E-state index contributed by atoms with van der Waals surface area (Å²) < 4.78 is 5.25. The zero-order chi connectivity index (χ0) is 16.2. The first-order chi connectivity index (χ1) is 10.6. The first-order valence-corrected chi connectivity index (χ1v) is 6.82. The van der Waals surface area contributed by atoms with Crippen LogP contribution in [0.25, 0.3) is 0 Å². The first-order valence-electron chi connectivity index (χ1n) is 6.82. The molecule has 0 aliphatic carbocycles.